The van der Waals surface area contributed by atoms with Crippen molar-refractivity contribution in [3.05, 3.63) is 0 Å². The molecule has 2 unspecified atom stereocenters. The number of hydrogen-bond acceptors (Lipinski definition) is 3. The van der Waals surface area contributed by atoms with Crippen LogP contribution in [0.1, 0.15) is 47.5 Å². The first-order chi connectivity index (χ1) is 9.02. The van der Waals surface area contributed by atoms with Gasteiger partial charge in [0.05, 0.1) is 7.11 Å². The summed E-state index contributed by atoms with van der Waals surface area (Å²) in [7, 11) is 1.18. The Hall–Kier alpha value is -1.33. The maximum absolute atomic E-state index is 15.2. The summed E-state index contributed by atoms with van der Waals surface area (Å²) in [6.45, 7) is 8.39. The molecule has 6 heteroatoms. The standard InChI is InChI=1S/C14H27FN2O3/c1-7-8-9(2)14(5,15)13(3,4)10(11(16)18)17-12(19)20-6/h9-10H,7-8H2,1-6H3,(H2,16,18)(H,17,19)/t9?,10-,14?/m1/s1. The van der Waals surface area contributed by atoms with E-state index < -0.39 is 29.1 Å². The second kappa shape index (κ2) is 6.90. The summed E-state index contributed by atoms with van der Waals surface area (Å²) < 4.78 is 19.7. The lowest BCUT2D eigenvalue weighted by Gasteiger charge is -2.45. The first-order valence-electron chi connectivity index (χ1n) is 6.85. The fraction of sp³-hybridized carbons (Fsp3) is 0.857. The van der Waals surface area contributed by atoms with Crippen molar-refractivity contribution in [2.75, 3.05) is 7.11 Å². The number of rotatable bonds is 7. The Balaban J connectivity index is 5.39. The molecule has 0 aromatic carbocycles. The Morgan fingerprint density at radius 2 is 1.85 bits per heavy atom. The Kier molecular flexibility index (Phi) is 6.44. The van der Waals surface area contributed by atoms with E-state index in [0.717, 1.165) is 6.42 Å². The number of ether oxygens (including phenoxy) is 1. The van der Waals surface area contributed by atoms with Gasteiger partial charge in [-0.3, -0.25) is 4.79 Å². The molecular weight excluding hydrogens is 263 g/mol. The second-order valence-electron chi connectivity index (χ2n) is 5.96. The zero-order valence-corrected chi connectivity index (χ0v) is 13.2. The van der Waals surface area contributed by atoms with Gasteiger partial charge >= 0.3 is 6.09 Å². The Labute approximate surface area is 120 Å². The maximum atomic E-state index is 15.2. The minimum atomic E-state index is -1.68. The van der Waals surface area contributed by atoms with Gasteiger partial charge in [0.1, 0.15) is 11.7 Å². The van der Waals surface area contributed by atoms with Crippen molar-refractivity contribution in [1.82, 2.24) is 5.32 Å². The van der Waals surface area contributed by atoms with Crippen LogP contribution in [0.25, 0.3) is 0 Å². The third-order valence-corrected chi connectivity index (χ3v) is 4.36. The van der Waals surface area contributed by atoms with Crippen LogP contribution in [-0.4, -0.2) is 30.8 Å². The number of carbonyl (C=O) groups is 2. The topological polar surface area (TPSA) is 81.4 Å². The molecule has 118 valence electrons. The summed E-state index contributed by atoms with van der Waals surface area (Å²) in [6.07, 6.45) is 0.712. The predicted octanol–water partition coefficient (Wildman–Crippen LogP) is 2.39. The van der Waals surface area contributed by atoms with Gasteiger partial charge in [0, 0.05) is 5.41 Å². The lowest BCUT2D eigenvalue weighted by Crippen LogP contribution is -2.61. The summed E-state index contributed by atoms with van der Waals surface area (Å²) in [6, 6.07) is -1.15. The highest BCUT2D eigenvalue weighted by molar-refractivity contribution is 5.85. The van der Waals surface area contributed by atoms with Crippen molar-refractivity contribution in [2.45, 2.75) is 59.2 Å². The SMILES string of the molecule is CCCC(C)C(C)(F)C(C)(C)[C@H](NC(=O)OC)C(N)=O. The fourth-order valence-electron chi connectivity index (χ4n) is 2.41. The molecule has 0 bridgehead atoms. The normalized spacial score (nSPS) is 17.8. The average molecular weight is 290 g/mol. The second-order valence-corrected chi connectivity index (χ2v) is 5.96. The molecule has 0 saturated carbocycles. The highest BCUT2D eigenvalue weighted by Gasteiger charge is 2.52. The van der Waals surface area contributed by atoms with E-state index in [0.29, 0.717) is 6.42 Å². The molecular formula is C14H27FN2O3. The van der Waals surface area contributed by atoms with Gasteiger partial charge in [-0.25, -0.2) is 9.18 Å². The molecule has 0 aliphatic carbocycles. The summed E-state index contributed by atoms with van der Waals surface area (Å²) in [5, 5.41) is 2.33. The molecule has 0 heterocycles. The van der Waals surface area contributed by atoms with Crippen LogP contribution in [-0.2, 0) is 9.53 Å². The van der Waals surface area contributed by atoms with Crippen LogP contribution in [0.2, 0.25) is 0 Å². The highest BCUT2D eigenvalue weighted by atomic mass is 19.1. The van der Waals surface area contributed by atoms with Crippen LogP contribution in [0.4, 0.5) is 9.18 Å². The number of carbonyl (C=O) groups excluding carboxylic acids is 2. The monoisotopic (exact) mass is 290 g/mol. The van der Waals surface area contributed by atoms with E-state index in [1.807, 2.05) is 6.92 Å². The molecule has 0 aromatic heterocycles. The van der Waals surface area contributed by atoms with Gasteiger partial charge in [-0.15, -0.1) is 0 Å². The van der Waals surface area contributed by atoms with Crippen LogP contribution in [0.15, 0.2) is 0 Å². The summed E-state index contributed by atoms with van der Waals surface area (Å²) in [4.78, 5) is 22.9. The predicted molar refractivity (Wildman–Crippen MR) is 75.9 cm³/mol. The van der Waals surface area contributed by atoms with Gasteiger partial charge in [0.25, 0.3) is 0 Å². The number of methoxy groups -OCH3 is 1. The molecule has 0 radical (unpaired) electrons. The van der Waals surface area contributed by atoms with Crippen molar-refractivity contribution >= 4 is 12.0 Å². The molecule has 5 nitrogen and oxygen atoms in total. The number of primary amides is 1. The molecule has 3 atom stereocenters. The lowest BCUT2D eigenvalue weighted by molar-refractivity contribution is -0.128. The van der Waals surface area contributed by atoms with Crippen LogP contribution >= 0.6 is 0 Å². The van der Waals surface area contributed by atoms with E-state index >= 15 is 4.39 Å². The molecule has 0 rings (SSSR count). The van der Waals surface area contributed by atoms with Crippen LogP contribution < -0.4 is 11.1 Å². The van der Waals surface area contributed by atoms with E-state index in [4.69, 9.17) is 5.73 Å². The number of halogens is 1. The van der Waals surface area contributed by atoms with Crippen molar-refractivity contribution < 1.29 is 18.7 Å². The van der Waals surface area contributed by atoms with Crippen molar-refractivity contribution in [3.8, 4) is 0 Å². The first kappa shape index (κ1) is 18.7. The summed E-state index contributed by atoms with van der Waals surface area (Å²) in [5.41, 5.74) is 2.48. The zero-order valence-electron chi connectivity index (χ0n) is 13.2. The first-order valence-corrected chi connectivity index (χ1v) is 6.85. The smallest absolute Gasteiger partial charge is 0.407 e. The van der Waals surface area contributed by atoms with E-state index in [1.54, 1.807) is 20.8 Å². The number of alkyl carbamates (subject to hydrolysis) is 1. The molecule has 0 spiro atoms. The number of hydrogen-bond donors (Lipinski definition) is 2. The molecule has 20 heavy (non-hydrogen) atoms. The Bertz CT molecular complexity index is 356. The molecule has 0 aliphatic heterocycles. The van der Waals surface area contributed by atoms with Crippen molar-refractivity contribution in [2.24, 2.45) is 17.1 Å². The minimum absolute atomic E-state index is 0.274. The van der Waals surface area contributed by atoms with Gasteiger partial charge in [-0.1, -0.05) is 34.1 Å². The van der Waals surface area contributed by atoms with Gasteiger partial charge in [-0.2, -0.15) is 0 Å². The van der Waals surface area contributed by atoms with Crippen LogP contribution in [0.5, 0.6) is 0 Å². The van der Waals surface area contributed by atoms with Crippen LogP contribution in [0, 0.1) is 11.3 Å². The van der Waals surface area contributed by atoms with E-state index in [-0.39, 0.29) is 5.92 Å². The van der Waals surface area contributed by atoms with Crippen molar-refractivity contribution in [3.63, 3.8) is 0 Å². The third-order valence-electron chi connectivity index (χ3n) is 4.36. The molecule has 2 amide bonds. The summed E-state index contributed by atoms with van der Waals surface area (Å²) >= 11 is 0. The third kappa shape index (κ3) is 3.84. The van der Waals surface area contributed by atoms with E-state index in [9.17, 15) is 9.59 Å². The van der Waals surface area contributed by atoms with E-state index in [1.165, 1.54) is 14.0 Å². The van der Waals surface area contributed by atoms with E-state index in [2.05, 4.69) is 10.1 Å². The Morgan fingerprint density at radius 3 is 2.20 bits per heavy atom. The van der Waals surface area contributed by atoms with Gasteiger partial charge < -0.3 is 15.8 Å². The molecule has 0 aliphatic rings. The average Bonchev–Trinajstić information content (AvgIpc) is 2.34. The number of alkyl halides is 1. The zero-order chi connectivity index (χ0) is 16.1. The largest absolute Gasteiger partial charge is 0.453 e. The molecule has 0 aromatic rings. The van der Waals surface area contributed by atoms with Crippen molar-refractivity contribution in [1.29, 1.82) is 0 Å². The van der Waals surface area contributed by atoms with Gasteiger partial charge in [0.15, 0.2) is 0 Å². The molecule has 0 saturated heterocycles. The minimum Gasteiger partial charge on any atom is -0.453 e. The molecule has 0 fully saturated rings. The fourth-order valence-corrected chi connectivity index (χ4v) is 2.41. The maximum Gasteiger partial charge on any atom is 0.407 e. The quantitative estimate of drug-likeness (QED) is 0.755. The van der Waals surface area contributed by atoms with Gasteiger partial charge in [0.2, 0.25) is 5.91 Å². The highest BCUT2D eigenvalue weighted by Crippen LogP contribution is 2.44. The number of nitrogens with one attached hydrogen (secondary N) is 1. The number of nitrogens with two attached hydrogens (primary N) is 1. The lowest BCUT2D eigenvalue weighted by atomic mass is 9.65. The summed E-state index contributed by atoms with van der Waals surface area (Å²) in [5.74, 6) is -1.06. The van der Waals surface area contributed by atoms with Crippen LogP contribution in [0.3, 0.4) is 0 Å². The van der Waals surface area contributed by atoms with Gasteiger partial charge in [-0.05, 0) is 19.3 Å². The Morgan fingerprint density at radius 1 is 1.35 bits per heavy atom. The molecule has 3 N–H and O–H groups in total. The number of amides is 2.